The third-order valence-corrected chi connectivity index (χ3v) is 5.87. The Kier molecular flexibility index (Phi) is 5.15. The van der Waals surface area contributed by atoms with E-state index < -0.39 is 10.8 Å². The van der Waals surface area contributed by atoms with Crippen LogP contribution < -0.4 is 5.84 Å². The zero-order valence-corrected chi connectivity index (χ0v) is 14.1. The number of nitrogens with two attached hydrogens (primary N) is 1. The van der Waals surface area contributed by atoms with Gasteiger partial charge in [-0.1, -0.05) is 60.3 Å². The van der Waals surface area contributed by atoms with Gasteiger partial charge in [-0.3, -0.25) is 4.21 Å². The van der Waals surface area contributed by atoms with E-state index in [1.54, 1.807) is 0 Å². The van der Waals surface area contributed by atoms with Crippen LogP contribution in [0, 0.1) is 0 Å². The normalized spacial score (nSPS) is 12.2. The number of nitrogen functional groups attached to an aromatic ring is 1. The molecule has 1 heterocycles. The Labute approximate surface area is 142 Å². The number of benzene rings is 2. The first-order valence-electron chi connectivity index (χ1n) is 7.20. The summed E-state index contributed by atoms with van der Waals surface area (Å²) in [6, 6.07) is 19.4. The summed E-state index contributed by atoms with van der Waals surface area (Å²) in [5, 5.41) is 0.730. The van der Waals surface area contributed by atoms with Crippen LogP contribution in [-0.4, -0.2) is 25.4 Å². The van der Waals surface area contributed by atoms with Crippen molar-refractivity contribution in [3.05, 3.63) is 66.9 Å². The van der Waals surface area contributed by atoms with E-state index in [9.17, 15) is 4.21 Å². The Bertz CT molecular complexity index is 788. The molecule has 0 bridgehead atoms. The van der Waals surface area contributed by atoms with Gasteiger partial charge in [0.15, 0.2) is 5.16 Å². The first-order valence-corrected chi connectivity index (χ1v) is 9.50. The second-order valence-electron chi connectivity index (χ2n) is 4.89. The van der Waals surface area contributed by atoms with Crippen LogP contribution in [0.1, 0.15) is 0 Å². The SMILES string of the molecule is Nn1cc(-c2ccccc2)nc1SCC[S@](=O)c1ccccc1. The smallest absolute Gasteiger partial charge is 0.187 e. The van der Waals surface area contributed by atoms with E-state index >= 15 is 0 Å². The van der Waals surface area contributed by atoms with Crippen LogP contribution in [0.3, 0.4) is 0 Å². The summed E-state index contributed by atoms with van der Waals surface area (Å²) in [5.74, 6) is 7.23. The quantitative estimate of drug-likeness (QED) is 0.552. The van der Waals surface area contributed by atoms with Crippen LogP contribution in [0.4, 0.5) is 0 Å². The van der Waals surface area contributed by atoms with Crippen molar-refractivity contribution in [1.82, 2.24) is 9.66 Å². The molecule has 0 aliphatic rings. The van der Waals surface area contributed by atoms with Crippen molar-refractivity contribution in [2.45, 2.75) is 10.1 Å². The number of hydrogen-bond donors (Lipinski definition) is 1. The predicted octanol–water partition coefficient (Wildman–Crippen LogP) is 3.16. The first kappa shape index (κ1) is 15.8. The number of nitrogens with zero attached hydrogens (tertiary/aromatic N) is 2. The summed E-state index contributed by atoms with van der Waals surface area (Å²) in [6.45, 7) is 0. The summed E-state index contributed by atoms with van der Waals surface area (Å²) < 4.78 is 13.7. The lowest BCUT2D eigenvalue weighted by molar-refractivity contribution is 0.684. The average Bonchev–Trinajstić information content (AvgIpc) is 2.97. The van der Waals surface area contributed by atoms with Gasteiger partial charge in [-0.05, 0) is 12.1 Å². The number of thioether (sulfide) groups is 1. The third kappa shape index (κ3) is 4.03. The van der Waals surface area contributed by atoms with Gasteiger partial charge in [0.2, 0.25) is 0 Å². The summed E-state index contributed by atoms with van der Waals surface area (Å²) in [6.07, 6.45) is 1.81. The molecule has 118 valence electrons. The number of hydrogen-bond acceptors (Lipinski definition) is 4. The Morgan fingerprint density at radius 3 is 2.39 bits per heavy atom. The molecular formula is C17H17N3OS2. The third-order valence-electron chi connectivity index (χ3n) is 3.27. The van der Waals surface area contributed by atoms with Gasteiger partial charge in [-0.25, -0.2) is 9.66 Å². The van der Waals surface area contributed by atoms with Crippen molar-refractivity contribution in [1.29, 1.82) is 0 Å². The maximum atomic E-state index is 12.2. The minimum Gasteiger partial charge on any atom is -0.337 e. The Hall–Kier alpha value is -2.05. The Morgan fingerprint density at radius 1 is 1.04 bits per heavy atom. The molecule has 0 aliphatic heterocycles. The van der Waals surface area contributed by atoms with Gasteiger partial charge in [-0.15, -0.1) is 0 Å². The fourth-order valence-corrected chi connectivity index (χ4v) is 4.31. The highest BCUT2D eigenvalue weighted by Crippen LogP contribution is 2.23. The fraction of sp³-hybridized carbons (Fsp3) is 0.118. The molecular weight excluding hydrogens is 326 g/mol. The Morgan fingerprint density at radius 2 is 1.70 bits per heavy atom. The van der Waals surface area contributed by atoms with Crippen LogP contribution in [-0.2, 0) is 10.8 Å². The number of imidazole rings is 1. The lowest BCUT2D eigenvalue weighted by atomic mass is 10.2. The van der Waals surface area contributed by atoms with E-state index in [1.165, 1.54) is 16.4 Å². The summed E-state index contributed by atoms with van der Waals surface area (Å²) >= 11 is 1.52. The molecule has 0 amide bonds. The standard InChI is InChI=1S/C17H17N3OS2/c18-20-13-16(14-7-3-1-4-8-14)19-17(20)22-11-12-23(21)15-9-5-2-6-10-15/h1-10,13H,11-12,18H2/t23-/m0/s1. The molecule has 0 saturated carbocycles. The highest BCUT2D eigenvalue weighted by molar-refractivity contribution is 8.00. The summed E-state index contributed by atoms with van der Waals surface area (Å²) in [7, 11) is -0.992. The molecule has 0 fully saturated rings. The molecule has 2 aromatic carbocycles. The number of rotatable bonds is 6. The van der Waals surface area contributed by atoms with Gasteiger partial charge in [0.25, 0.3) is 0 Å². The molecule has 0 spiro atoms. The van der Waals surface area contributed by atoms with Gasteiger partial charge in [-0.2, -0.15) is 0 Å². The van der Waals surface area contributed by atoms with Gasteiger partial charge in [0.05, 0.1) is 22.7 Å². The molecule has 1 atom stereocenters. The largest absolute Gasteiger partial charge is 0.337 e. The Balaban J connectivity index is 1.61. The van der Waals surface area contributed by atoms with E-state index in [0.29, 0.717) is 11.5 Å². The van der Waals surface area contributed by atoms with Crippen molar-refractivity contribution in [2.75, 3.05) is 17.3 Å². The zero-order valence-electron chi connectivity index (χ0n) is 12.5. The van der Waals surface area contributed by atoms with Crippen LogP contribution in [0.5, 0.6) is 0 Å². The molecule has 23 heavy (non-hydrogen) atoms. The average molecular weight is 343 g/mol. The maximum absolute atomic E-state index is 12.2. The van der Waals surface area contributed by atoms with Crippen LogP contribution in [0.2, 0.25) is 0 Å². The van der Waals surface area contributed by atoms with Crippen molar-refractivity contribution in [2.24, 2.45) is 0 Å². The van der Waals surface area contributed by atoms with E-state index in [4.69, 9.17) is 5.84 Å². The predicted molar refractivity (Wildman–Crippen MR) is 96.3 cm³/mol. The topological polar surface area (TPSA) is 60.9 Å². The summed E-state index contributed by atoms with van der Waals surface area (Å²) in [4.78, 5) is 5.41. The minimum atomic E-state index is -0.992. The fourth-order valence-electron chi connectivity index (χ4n) is 2.13. The van der Waals surface area contributed by atoms with E-state index in [-0.39, 0.29) is 0 Å². The van der Waals surface area contributed by atoms with Gasteiger partial charge >= 0.3 is 0 Å². The maximum Gasteiger partial charge on any atom is 0.187 e. The second kappa shape index (κ2) is 7.48. The van der Waals surface area contributed by atoms with E-state index in [1.807, 2.05) is 66.9 Å². The molecule has 2 N–H and O–H groups in total. The second-order valence-corrected chi connectivity index (χ2v) is 7.53. The van der Waals surface area contributed by atoms with Crippen LogP contribution in [0.25, 0.3) is 11.3 Å². The number of aromatic nitrogens is 2. The first-order chi connectivity index (χ1) is 11.2. The minimum absolute atomic E-state index is 0.572. The van der Waals surface area contributed by atoms with Crippen molar-refractivity contribution >= 4 is 22.6 Å². The van der Waals surface area contributed by atoms with Crippen molar-refractivity contribution in [3.63, 3.8) is 0 Å². The lowest BCUT2D eigenvalue weighted by Crippen LogP contribution is -2.09. The molecule has 3 aromatic rings. The molecule has 6 heteroatoms. The molecule has 0 unspecified atom stereocenters. The van der Waals surface area contributed by atoms with Gasteiger partial charge in [0.1, 0.15) is 0 Å². The molecule has 4 nitrogen and oxygen atoms in total. The van der Waals surface area contributed by atoms with Gasteiger partial charge < -0.3 is 5.84 Å². The lowest BCUT2D eigenvalue weighted by Gasteiger charge is -2.02. The zero-order chi connectivity index (χ0) is 16.1. The molecule has 3 rings (SSSR count). The molecule has 0 radical (unpaired) electrons. The van der Waals surface area contributed by atoms with E-state index in [0.717, 1.165) is 21.3 Å². The van der Waals surface area contributed by atoms with Crippen molar-refractivity contribution in [3.8, 4) is 11.3 Å². The monoisotopic (exact) mass is 343 g/mol. The van der Waals surface area contributed by atoms with Crippen molar-refractivity contribution < 1.29 is 4.21 Å². The van der Waals surface area contributed by atoms with Crippen LogP contribution >= 0.6 is 11.8 Å². The summed E-state index contributed by atoms with van der Waals surface area (Å²) in [5.41, 5.74) is 1.88. The molecule has 1 aromatic heterocycles. The molecule has 0 aliphatic carbocycles. The molecule has 0 saturated heterocycles. The van der Waals surface area contributed by atoms with E-state index in [2.05, 4.69) is 4.98 Å². The highest BCUT2D eigenvalue weighted by atomic mass is 32.2. The highest BCUT2D eigenvalue weighted by Gasteiger charge is 2.09. The van der Waals surface area contributed by atoms with Crippen LogP contribution in [0.15, 0.2) is 76.9 Å². The van der Waals surface area contributed by atoms with Gasteiger partial charge in [0, 0.05) is 22.0 Å².